The van der Waals surface area contributed by atoms with Gasteiger partial charge in [0.05, 0.1) is 0 Å². The molecule has 0 aliphatic carbocycles. The van der Waals surface area contributed by atoms with Crippen LogP contribution < -0.4 is 4.74 Å². The van der Waals surface area contributed by atoms with E-state index >= 15 is 0 Å². The molecule has 0 fully saturated rings. The van der Waals surface area contributed by atoms with Crippen LogP contribution in [0.1, 0.15) is 16.7 Å². The molecule has 1 heterocycles. The summed E-state index contributed by atoms with van der Waals surface area (Å²) in [6.07, 6.45) is 0. The Kier molecular flexibility index (Phi) is 3.48. The Labute approximate surface area is 110 Å². The molecule has 1 aromatic heterocycles. The first kappa shape index (κ1) is 12.8. The van der Waals surface area contributed by atoms with Gasteiger partial charge in [0, 0.05) is 11.6 Å². The maximum absolute atomic E-state index is 13.2. The molecule has 18 heavy (non-hydrogen) atoms. The highest BCUT2D eigenvalue weighted by molar-refractivity contribution is 6.30. The third-order valence-electron chi connectivity index (χ3n) is 2.78. The minimum Gasteiger partial charge on any atom is -0.437 e. The smallest absolute Gasteiger partial charge is 0.242 e. The van der Waals surface area contributed by atoms with Crippen LogP contribution in [0.25, 0.3) is 0 Å². The van der Waals surface area contributed by atoms with Gasteiger partial charge in [0.1, 0.15) is 11.6 Å². The SMILES string of the molecule is Cc1ccc(F)cc1Oc1nnc(Cl)c(C)c1C. The van der Waals surface area contributed by atoms with Gasteiger partial charge in [-0.25, -0.2) is 4.39 Å². The Morgan fingerprint density at radius 2 is 1.83 bits per heavy atom. The Hall–Kier alpha value is -1.68. The molecule has 0 saturated carbocycles. The van der Waals surface area contributed by atoms with Gasteiger partial charge in [0.2, 0.25) is 5.88 Å². The third-order valence-corrected chi connectivity index (χ3v) is 3.14. The number of rotatable bonds is 2. The average Bonchev–Trinajstić information content (AvgIpc) is 2.34. The van der Waals surface area contributed by atoms with E-state index in [0.717, 1.165) is 16.7 Å². The van der Waals surface area contributed by atoms with Crippen LogP contribution in [0.3, 0.4) is 0 Å². The summed E-state index contributed by atoms with van der Waals surface area (Å²) in [6, 6.07) is 4.35. The van der Waals surface area contributed by atoms with Crippen molar-refractivity contribution in [2.45, 2.75) is 20.8 Å². The third kappa shape index (κ3) is 2.43. The summed E-state index contributed by atoms with van der Waals surface area (Å²) in [4.78, 5) is 0. The highest BCUT2D eigenvalue weighted by Crippen LogP contribution is 2.29. The second-order valence-electron chi connectivity index (χ2n) is 4.06. The minimum atomic E-state index is -0.355. The standard InChI is InChI=1S/C13H12ClFN2O/c1-7-4-5-10(15)6-11(7)18-13-9(3)8(2)12(14)16-17-13/h4-6H,1-3H3. The van der Waals surface area contributed by atoms with Crippen LogP contribution in [0, 0.1) is 26.6 Å². The molecule has 0 spiro atoms. The fourth-order valence-corrected chi connectivity index (χ4v) is 1.62. The zero-order valence-electron chi connectivity index (χ0n) is 10.3. The molecule has 0 atom stereocenters. The summed E-state index contributed by atoms with van der Waals surface area (Å²) < 4.78 is 18.7. The number of benzene rings is 1. The number of halogens is 2. The lowest BCUT2D eigenvalue weighted by atomic mass is 10.2. The van der Waals surface area contributed by atoms with E-state index in [-0.39, 0.29) is 5.82 Å². The van der Waals surface area contributed by atoms with Gasteiger partial charge >= 0.3 is 0 Å². The molecule has 0 N–H and O–H groups in total. The molecule has 5 heteroatoms. The van der Waals surface area contributed by atoms with Crippen molar-refractivity contribution >= 4 is 11.6 Å². The van der Waals surface area contributed by atoms with Crippen LogP contribution in [-0.4, -0.2) is 10.2 Å². The van der Waals surface area contributed by atoms with E-state index in [2.05, 4.69) is 10.2 Å². The van der Waals surface area contributed by atoms with E-state index in [1.807, 2.05) is 20.8 Å². The van der Waals surface area contributed by atoms with Crippen LogP contribution in [-0.2, 0) is 0 Å². The summed E-state index contributed by atoms with van der Waals surface area (Å²) in [5, 5.41) is 8.01. The molecule has 0 radical (unpaired) electrons. The summed E-state index contributed by atoms with van der Waals surface area (Å²) in [5.74, 6) is 0.409. The number of aryl methyl sites for hydroxylation is 1. The molecular weight excluding hydrogens is 255 g/mol. The van der Waals surface area contributed by atoms with Crippen molar-refractivity contribution in [2.75, 3.05) is 0 Å². The fourth-order valence-electron chi connectivity index (χ4n) is 1.44. The largest absolute Gasteiger partial charge is 0.437 e. The second-order valence-corrected chi connectivity index (χ2v) is 4.42. The monoisotopic (exact) mass is 266 g/mol. The van der Waals surface area contributed by atoms with Gasteiger partial charge in [-0.2, -0.15) is 0 Å². The quantitative estimate of drug-likeness (QED) is 0.824. The first-order valence-corrected chi connectivity index (χ1v) is 5.80. The summed E-state index contributed by atoms with van der Waals surface area (Å²) in [5.41, 5.74) is 2.42. The molecule has 2 rings (SSSR count). The maximum Gasteiger partial charge on any atom is 0.242 e. The average molecular weight is 267 g/mol. The van der Waals surface area contributed by atoms with Crippen molar-refractivity contribution in [3.63, 3.8) is 0 Å². The van der Waals surface area contributed by atoms with Crippen molar-refractivity contribution in [3.05, 3.63) is 45.9 Å². The van der Waals surface area contributed by atoms with Gasteiger partial charge in [0.15, 0.2) is 5.15 Å². The first-order valence-electron chi connectivity index (χ1n) is 5.42. The Bertz CT molecular complexity index is 602. The molecule has 0 aliphatic rings. The second kappa shape index (κ2) is 4.90. The van der Waals surface area contributed by atoms with Gasteiger partial charge in [-0.3, -0.25) is 0 Å². The van der Waals surface area contributed by atoms with Gasteiger partial charge < -0.3 is 4.74 Å². The molecule has 1 aromatic carbocycles. The van der Waals surface area contributed by atoms with Crippen LogP contribution >= 0.6 is 11.6 Å². The number of ether oxygens (including phenoxy) is 1. The minimum absolute atomic E-state index is 0.339. The van der Waals surface area contributed by atoms with Gasteiger partial charge in [-0.05, 0) is 38.0 Å². The first-order chi connectivity index (χ1) is 8.49. The van der Waals surface area contributed by atoms with Gasteiger partial charge in [-0.15, -0.1) is 10.2 Å². The van der Waals surface area contributed by atoms with E-state index in [1.54, 1.807) is 6.07 Å². The lowest BCUT2D eigenvalue weighted by Crippen LogP contribution is -1.98. The van der Waals surface area contributed by atoms with Crippen LogP contribution in [0.4, 0.5) is 4.39 Å². The Balaban J connectivity index is 2.40. The molecule has 0 bridgehead atoms. The van der Waals surface area contributed by atoms with Crippen molar-refractivity contribution in [3.8, 4) is 11.6 Å². The molecule has 3 nitrogen and oxygen atoms in total. The van der Waals surface area contributed by atoms with E-state index in [9.17, 15) is 4.39 Å². The summed E-state index contributed by atoms with van der Waals surface area (Å²) in [6.45, 7) is 5.50. The lowest BCUT2D eigenvalue weighted by molar-refractivity contribution is 0.443. The van der Waals surface area contributed by atoms with Crippen molar-refractivity contribution in [1.29, 1.82) is 0 Å². The normalized spacial score (nSPS) is 10.5. The zero-order chi connectivity index (χ0) is 13.3. The van der Waals surface area contributed by atoms with Gasteiger partial charge in [0.25, 0.3) is 0 Å². The molecular formula is C13H12ClFN2O. The van der Waals surface area contributed by atoms with Crippen molar-refractivity contribution in [1.82, 2.24) is 10.2 Å². The van der Waals surface area contributed by atoms with Crippen molar-refractivity contribution in [2.24, 2.45) is 0 Å². The van der Waals surface area contributed by atoms with Crippen LogP contribution in [0.15, 0.2) is 18.2 Å². The maximum atomic E-state index is 13.2. The molecule has 0 saturated heterocycles. The zero-order valence-corrected chi connectivity index (χ0v) is 11.0. The molecule has 2 aromatic rings. The number of aromatic nitrogens is 2. The highest BCUT2D eigenvalue weighted by Gasteiger charge is 2.11. The predicted octanol–water partition coefficient (Wildman–Crippen LogP) is 3.99. The van der Waals surface area contributed by atoms with E-state index in [1.165, 1.54) is 12.1 Å². The number of hydrogen-bond acceptors (Lipinski definition) is 3. The lowest BCUT2D eigenvalue weighted by Gasteiger charge is -2.11. The number of nitrogens with zero attached hydrogens (tertiary/aromatic N) is 2. The molecule has 94 valence electrons. The Morgan fingerprint density at radius 3 is 2.56 bits per heavy atom. The van der Waals surface area contributed by atoms with E-state index in [0.29, 0.717) is 16.8 Å². The van der Waals surface area contributed by atoms with E-state index < -0.39 is 0 Å². The molecule has 0 amide bonds. The Morgan fingerprint density at radius 1 is 1.11 bits per heavy atom. The van der Waals surface area contributed by atoms with Crippen LogP contribution in [0.5, 0.6) is 11.6 Å². The van der Waals surface area contributed by atoms with Gasteiger partial charge in [-0.1, -0.05) is 17.7 Å². The summed E-state index contributed by atoms with van der Waals surface area (Å²) in [7, 11) is 0. The van der Waals surface area contributed by atoms with Crippen LogP contribution in [0.2, 0.25) is 5.15 Å². The predicted molar refractivity (Wildman–Crippen MR) is 67.7 cm³/mol. The van der Waals surface area contributed by atoms with E-state index in [4.69, 9.17) is 16.3 Å². The number of hydrogen-bond donors (Lipinski definition) is 0. The highest BCUT2D eigenvalue weighted by atomic mass is 35.5. The molecule has 0 aliphatic heterocycles. The molecule has 0 unspecified atom stereocenters. The fraction of sp³-hybridized carbons (Fsp3) is 0.231. The van der Waals surface area contributed by atoms with Crippen molar-refractivity contribution < 1.29 is 9.13 Å². The summed E-state index contributed by atoms with van der Waals surface area (Å²) >= 11 is 5.86. The topological polar surface area (TPSA) is 35.0 Å².